The number of amides is 1. The second-order valence-electron chi connectivity index (χ2n) is 10.2. The summed E-state index contributed by atoms with van der Waals surface area (Å²) in [6.07, 6.45) is 0.933. The van der Waals surface area contributed by atoms with Crippen molar-refractivity contribution in [3.8, 4) is 28.4 Å². The standard InChI is InChI=1S/C31H33NO6/c1-19-11-27(38-26-9-10-32(16-26)21(3)33)12-20(2)31(19)23-6-4-5-22(13-23)17-36-25-7-8-28-24(14-30(34)35)18-37-29(28)15-25/h4-8,11-13,15,24,26H,9-10,14,16-18H2,1-3H3,(H,34,35)/t24-,26+/m1/s1. The zero-order valence-corrected chi connectivity index (χ0v) is 22.0. The van der Waals surface area contributed by atoms with E-state index in [1.54, 1.807) is 6.92 Å². The van der Waals surface area contributed by atoms with E-state index in [0.29, 0.717) is 31.3 Å². The minimum atomic E-state index is -0.825. The second-order valence-corrected chi connectivity index (χ2v) is 10.2. The van der Waals surface area contributed by atoms with Crippen molar-refractivity contribution in [3.63, 3.8) is 0 Å². The number of aryl methyl sites for hydroxylation is 2. The lowest BCUT2D eigenvalue weighted by Gasteiger charge is -2.18. The Hall–Kier alpha value is -4.00. The zero-order valence-electron chi connectivity index (χ0n) is 22.0. The fourth-order valence-corrected chi connectivity index (χ4v) is 5.46. The van der Waals surface area contributed by atoms with Crippen LogP contribution in [0.2, 0.25) is 0 Å². The number of carbonyl (C=O) groups is 2. The summed E-state index contributed by atoms with van der Waals surface area (Å²) < 4.78 is 18.0. The average Bonchev–Trinajstić information content (AvgIpc) is 3.49. The molecule has 0 radical (unpaired) electrons. The van der Waals surface area contributed by atoms with Gasteiger partial charge in [0.2, 0.25) is 5.91 Å². The lowest BCUT2D eigenvalue weighted by Crippen LogP contribution is -2.28. The fraction of sp³-hybridized carbons (Fsp3) is 0.355. The Morgan fingerprint density at radius 1 is 1.05 bits per heavy atom. The lowest BCUT2D eigenvalue weighted by atomic mass is 9.94. The van der Waals surface area contributed by atoms with Crippen molar-refractivity contribution in [2.24, 2.45) is 0 Å². The third-order valence-electron chi connectivity index (χ3n) is 7.31. The Labute approximate surface area is 222 Å². The highest BCUT2D eigenvalue weighted by molar-refractivity contribution is 5.74. The molecule has 0 aromatic heterocycles. The van der Waals surface area contributed by atoms with Crippen molar-refractivity contribution in [3.05, 3.63) is 76.9 Å². The first-order valence-corrected chi connectivity index (χ1v) is 13.0. The zero-order chi connectivity index (χ0) is 26.8. The molecule has 1 fully saturated rings. The van der Waals surface area contributed by atoms with Gasteiger partial charge in [-0.05, 0) is 65.9 Å². The van der Waals surface area contributed by atoms with Gasteiger partial charge >= 0.3 is 5.97 Å². The summed E-state index contributed by atoms with van der Waals surface area (Å²) in [6.45, 7) is 7.95. The van der Waals surface area contributed by atoms with Gasteiger partial charge in [0.15, 0.2) is 0 Å². The molecule has 2 aliphatic rings. The van der Waals surface area contributed by atoms with Crippen molar-refractivity contribution < 1.29 is 28.9 Å². The number of fused-ring (bicyclic) bond motifs is 1. The third-order valence-corrected chi connectivity index (χ3v) is 7.31. The van der Waals surface area contributed by atoms with E-state index < -0.39 is 5.97 Å². The van der Waals surface area contributed by atoms with Gasteiger partial charge < -0.3 is 24.2 Å². The largest absolute Gasteiger partial charge is 0.492 e. The van der Waals surface area contributed by atoms with Crippen LogP contribution in [-0.2, 0) is 16.2 Å². The molecule has 198 valence electrons. The Bertz CT molecular complexity index is 1340. The maximum atomic E-state index is 11.6. The number of carboxylic acid groups (broad SMARTS) is 1. The number of benzene rings is 3. The normalized spacial score (nSPS) is 18.1. The highest BCUT2D eigenvalue weighted by Gasteiger charge is 2.27. The molecule has 38 heavy (non-hydrogen) atoms. The number of ether oxygens (including phenoxy) is 3. The van der Waals surface area contributed by atoms with Crippen LogP contribution in [0.3, 0.4) is 0 Å². The molecule has 1 amide bonds. The average molecular weight is 516 g/mol. The molecule has 1 saturated heterocycles. The summed E-state index contributed by atoms with van der Waals surface area (Å²) in [6, 6.07) is 18.1. The quantitative estimate of drug-likeness (QED) is 0.426. The van der Waals surface area contributed by atoms with Crippen molar-refractivity contribution >= 4 is 11.9 Å². The van der Waals surface area contributed by atoms with E-state index in [1.807, 2.05) is 35.2 Å². The Kier molecular flexibility index (Phi) is 7.27. The minimum Gasteiger partial charge on any atom is -0.492 e. The van der Waals surface area contributed by atoms with E-state index in [0.717, 1.165) is 46.5 Å². The summed E-state index contributed by atoms with van der Waals surface area (Å²) in [5.74, 6) is 1.37. The van der Waals surface area contributed by atoms with Crippen molar-refractivity contribution in [2.75, 3.05) is 19.7 Å². The van der Waals surface area contributed by atoms with Gasteiger partial charge in [-0.3, -0.25) is 9.59 Å². The highest BCUT2D eigenvalue weighted by atomic mass is 16.5. The molecule has 5 rings (SSSR count). The van der Waals surface area contributed by atoms with Gasteiger partial charge in [0.25, 0.3) is 0 Å². The van der Waals surface area contributed by atoms with Crippen LogP contribution in [0.4, 0.5) is 0 Å². The van der Waals surface area contributed by atoms with Crippen molar-refractivity contribution in [2.45, 2.75) is 52.2 Å². The van der Waals surface area contributed by atoms with Gasteiger partial charge in [0, 0.05) is 37.4 Å². The number of rotatable bonds is 8. The molecular formula is C31H33NO6. The summed E-state index contributed by atoms with van der Waals surface area (Å²) in [5, 5.41) is 9.10. The number of likely N-dealkylation sites (tertiary alicyclic amines) is 1. The van der Waals surface area contributed by atoms with Gasteiger partial charge in [0.05, 0.1) is 19.6 Å². The van der Waals surface area contributed by atoms with Gasteiger partial charge in [-0.15, -0.1) is 0 Å². The molecule has 0 bridgehead atoms. The Morgan fingerprint density at radius 2 is 1.84 bits per heavy atom. The van der Waals surface area contributed by atoms with E-state index in [4.69, 9.17) is 19.3 Å². The molecule has 2 atom stereocenters. The molecule has 3 aromatic carbocycles. The number of hydrogen-bond donors (Lipinski definition) is 1. The number of carboxylic acids is 1. The van der Waals surface area contributed by atoms with Crippen LogP contribution in [0, 0.1) is 13.8 Å². The smallest absolute Gasteiger partial charge is 0.304 e. The number of nitrogens with zero attached hydrogens (tertiary/aromatic N) is 1. The molecule has 2 aliphatic heterocycles. The molecule has 0 spiro atoms. The summed E-state index contributed by atoms with van der Waals surface area (Å²) in [4.78, 5) is 24.5. The van der Waals surface area contributed by atoms with Crippen LogP contribution in [0.1, 0.15) is 47.9 Å². The molecule has 2 heterocycles. The highest BCUT2D eigenvalue weighted by Crippen LogP contribution is 2.38. The van der Waals surface area contributed by atoms with Crippen LogP contribution in [0.5, 0.6) is 17.2 Å². The molecule has 1 N–H and O–H groups in total. The molecular weight excluding hydrogens is 482 g/mol. The third kappa shape index (κ3) is 5.62. The summed E-state index contributed by atoms with van der Waals surface area (Å²) in [7, 11) is 0. The number of hydrogen-bond acceptors (Lipinski definition) is 5. The van der Waals surface area contributed by atoms with E-state index in [1.165, 1.54) is 5.56 Å². The number of carbonyl (C=O) groups excluding carboxylic acids is 1. The first kappa shape index (κ1) is 25.6. The maximum Gasteiger partial charge on any atom is 0.304 e. The molecule has 7 nitrogen and oxygen atoms in total. The Morgan fingerprint density at radius 3 is 2.55 bits per heavy atom. The van der Waals surface area contributed by atoms with Crippen LogP contribution in [0.15, 0.2) is 54.6 Å². The SMILES string of the molecule is CC(=O)N1CC[C@H](Oc2cc(C)c(-c3cccc(COc4ccc5c(c4)OC[C@H]5CC(=O)O)c3)c(C)c2)C1. The van der Waals surface area contributed by atoms with E-state index >= 15 is 0 Å². The minimum absolute atomic E-state index is 0.0247. The predicted molar refractivity (Wildman–Crippen MR) is 144 cm³/mol. The maximum absolute atomic E-state index is 11.6. The summed E-state index contributed by atoms with van der Waals surface area (Å²) in [5.41, 5.74) is 6.51. The molecule has 0 unspecified atom stereocenters. The monoisotopic (exact) mass is 515 g/mol. The van der Waals surface area contributed by atoms with Gasteiger partial charge in [-0.25, -0.2) is 0 Å². The van der Waals surface area contributed by atoms with Crippen molar-refractivity contribution in [1.29, 1.82) is 0 Å². The van der Waals surface area contributed by atoms with E-state index in [-0.39, 0.29) is 24.3 Å². The van der Waals surface area contributed by atoms with E-state index in [9.17, 15) is 9.59 Å². The number of aliphatic carboxylic acids is 1. The van der Waals surface area contributed by atoms with Crippen LogP contribution in [-0.4, -0.2) is 47.7 Å². The van der Waals surface area contributed by atoms with Crippen LogP contribution < -0.4 is 14.2 Å². The first-order chi connectivity index (χ1) is 18.3. The Balaban J connectivity index is 1.26. The van der Waals surface area contributed by atoms with Crippen molar-refractivity contribution in [1.82, 2.24) is 4.90 Å². The molecule has 3 aromatic rings. The topological polar surface area (TPSA) is 85.3 Å². The summed E-state index contributed by atoms with van der Waals surface area (Å²) >= 11 is 0. The molecule has 7 heteroatoms. The van der Waals surface area contributed by atoms with Crippen LogP contribution >= 0.6 is 0 Å². The van der Waals surface area contributed by atoms with Crippen LogP contribution in [0.25, 0.3) is 11.1 Å². The van der Waals surface area contributed by atoms with E-state index in [2.05, 4.69) is 38.1 Å². The predicted octanol–water partition coefficient (Wildman–Crippen LogP) is 5.50. The fourth-order valence-electron chi connectivity index (χ4n) is 5.46. The molecule has 0 aliphatic carbocycles. The second kappa shape index (κ2) is 10.8. The van der Waals surface area contributed by atoms with Gasteiger partial charge in [0.1, 0.15) is 30.0 Å². The van der Waals surface area contributed by atoms with Gasteiger partial charge in [-0.2, -0.15) is 0 Å². The molecule has 0 saturated carbocycles. The first-order valence-electron chi connectivity index (χ1n) is 13.0. The van der Waals surface area contributed by atoms with Gasteiger partial charge in [-0.1, -0.05) is 24.3 Å². The lowest BCUT2D eigenvalue weighted by molar-refractivity contribution is -0.137.